The van der Waals surface area contributed by atoms with Crippen LogP contribution < -0.4 is 9.47 Å². The van der Waals surface area contributed by atoms with Crippen molar-refractivity contribution < 1.29 is 9.47 Å². The van der Waals surface area contributed by atoms with Crippen LogP contribution in [0.3, 0.4) is 0 Å². The van der Waals surface area contributed by atoms with Crippen molar-refractivity contribution in [3.05, 3.63) is 95.6 Å². The molecule has 4 heteroatoms. The normalized spacial score (nSPS) is 26.5. The Morgan fingerprint density at radius 3 is 2.29 bits per heavy atom. The van der Waals surface area contributed by atoms with Gasteiger partial charge in [0.1, 0.15) is 11.5 Å². The third-order valence-electron chi connectivity index (χ3n) is 5.85. The summed E-state index contributed by atoms with van der Waals surface area (Å²) in [5, 5.41) is 0. The molecule has 0 bridgehead atoms. The van der Waals surface area contributed by atoms with Crippen LogP contribution in [-0.4, -0.2) is 10.9 Å². The van der Waals surface area contributed by atoms with E-state index >= 15 is 0 Å². The number of hydrogen-bond acceptors (Lipinski definition) is 2. The van der Waals surface area contributed by atoms with Gasteiger partial charge >= 0.3 is 0 Å². The Labute approximate surface area is 175 Å². The average molecular weight is 411 g/mol. The van der Waals surface area contributed by atoms with Gasteiger partial charge in [0.2, 0.25) is 0 Å². The summed E-state index contributed by atoms with van der Waals surface area (Å²) in [6, 6.07) is 26.5. The second-order valence-electron chi connectivity index (χ2n) is 7.32. The molecule has 2 nitrogen and oxygen atoms in total. The molecule has 0 amide bonds. The van der Waals surface area contributed by atoms with Crippen molar-refractivity contribution in [2.24, 2.45) is 5.92 Å². The first-order valence-electron chi connectivity index (χ1n) is 9.53. The lowest BCUT2D eigenvalue weighted by atomic mass is 9.82. The minimum Gasteiger partial charge on any atom is -0.494 e. The summed E-state index contributed by atoms with van der Waals surface area (Å²) in [4.78, 5) is 0. The van der Waals surface area contributed by atoms with Gasteiger partial charge in [-0.25, -0.2) is 0 Å². The quantitative estimate of drug-likeness (QED) is 0.469. The Bertz CT molecular complexity index is 1000. The molecular weight excluding hydrogens is 391 g/mol. The molecule has 0 unspecified atom stereocenters. The second-order valence-corrected chi connectivity index (χ2v) is 8.71. The van der Waals surface area contributed by atoms with E-state index in [1.54, 1.807) is 0 Å². The van der Waals surface area contributed by atoms with E-state index in [-0.39, 0.29) is 11.8 Å². The van der Waals surface area contributed by atoms with Crippen LogP contribution >= 0.6 is 23.2 Å². The van der Waals surface area contributed by atoms with Crippen LogP contribution in [0.15, 0.2) is 78.9 Å². The van der Waals surface area contributed by atoms with E-state index in [0.29, 0.717) is 6.61 Å². The highest BCUT2D eigenvalue weighted by Gasteiger charge is 2.83. The van der Waals surface area contributed by atoms with Crippen LogP contribution in [0.25, 0.3) is 0 Å². The number of rotatable bonds is 4. The van der Waals surface area contributed by atoms with Gasteiger partial charge in [0.05, 0.1) is 12.5 Å². The monoisotopic (exact) mass is 410 g/mol. The molecule has 0 radical (unpaired) electrons. The molecule has 1 fully saturated rings. The van der Waals surface area contributed by atoms with Crippen LogP contribution in [0.1, 0.15) is 29.5 Å². The summed E-state index contributed by atoms with van der Waals surface area (Å²) in [7, 11) is 0. The Morgan fingerprint density at radius 1 is 0.893 bits per heavy atom. The van der Waals surface area contributed by atoms with E-state index in [4.69, 9.17) is 32.7 Å². The van der Waals surface area contributed by atoms with Crippen molar-refractivity contribution in [2.75, 3.05) is 6.61 Å². The zero-order valence-electron chi connectivity index (χ0n) is 15.4. The molecule has 3 atom stereocenters. The molecule has 1 heterocycles. The van der Waals surface area contributed by atoms with Gasteiger partial charge in [0.15, 0.2) is 9.93 Å². The van der Waals surface area contributed by atoms with Crippen LogP contribution in [0.2, 0.25) is 0 Å². The van der Waals surface area contributed by atoms with Crippen molar-refractivity contribution >= 4 is 23.2 Å². The van der Waals surface area contributed by atoms with Gasteiger partial charge < -0.3 is 9.47 Å². The van der Waals surface area contributed by atoms with Gasteiger partial charge in [-0.15, -0.1) is 0 Å². The Morgan fingerprint density at radius 2 is 1.57 bits per heavy atom. The lowest BCUT2D eigenvalue weighted by Gasteiger charge is -2.31. The van der Waals surface area contributed by atoms with Gasteiger partial charge in [-0.3, -0.25) is 0 Å². The summed E-state index contributed by atoms with van der Waals surface area (Å²) >= 11 is 13.9. The summed E-state index contributed by atoms with van der Waals surface area (Å²) in [5.41, 5.74) is 2.52. The number of benzene rings is 3. The van der Waals surface area contributed by atoms with Crippen molar-refractivity contribution in [1.82, 2.24) is 0 Å². The van der Waals surface area contributed by atoms with E-state index in [9.17, 15) is 0 Å². The number of para-hydroxylation sites is 1. The van der Waals surface area contributed by atoms with Crippen LogP contribution in [0, 0.1) is 5.92 Å². The standard InChI is InChI=1S/C24H20Cl2O2/c1-2-27-18-14-12-17(13-15-18)23-22(24(23,25)26)21(16-8-4-3-5-9-16)19-10-6-7-11-20(19)28-23/h3-15,21-22H,2H2,1H3/t21-,22+,23-/m1/s1. The molecule has 3 aromatic rings. The van der Waals surface area contributed by atoms with Gasteiger partial charge in [0, 0.05) is 11.5 Å². The largest absolute Gasteiger partial charge is 0.494 e. The third-order valence-corrected chi connectivity index (χ3v) is 6.88. The highest BCUT2D eigenvalue weighted by atomic mass is 35.5. The second kappa shape index (κ2) is 6.43. The van der Waals surface area contributed by atoms with Gasteiger partial charge in [0.25, 0.3) is 0 Å². The Hall–Kier alpha value is -2.16. The van der Waals surface area contributed by atoms with E-state index < -0.39 is 9.93 Å². The minimum absolute atomic E-state index is 0.0627. The summed E-state index contributed by atoms with van der Waals surface area (Å²) in [6.45, 7) is 2.60. The number of halogens is 2. The lowest BCUT2D eigenvalue weighted by molar-refractivity contribution is 0.137. The molecule has 1 saturated carbocycles. The fraction of sp³-hybridized carbons (Fsp3) is 0.250. The molecule has 2 aliphatic rings. The van der Waals surface area contributed by atoms with Crippen molar-refractivity contribution in [1.29, 1.82) is 0 Å². The molecule has 1 aliphatic heterocycles. The summed E-state index contributed by atoms with van der Waals surface area (Å²) in [6.07, 6.45) is 0. The fourth-order valence-electron chi connectivity index (χ4n) is 4.59. The zero-order chi connectivity index (χ0) is 19.4. The number of alkyl halides is 2. The molecule has 0 aromatic heterocycles. The van der Waals surface area contributed by atoms with Crippen LogP contribution in [0.5, 0.6) is 11.5 Å². The smallest absolute Gasteiger partial charge is 0.174 e. The molecule has 0 N–H and O–H groups in total. The van der Waals surface area contributed by atoms with E-state index in [1.165, 1.54) is 5.56 Å². The predicted octanol–water partition coefficient (Wildman–Crippen LogP) is 6.31. The zero-order valence-corrected chi connectivity index (χ0v) is 17.0. The van der Waals surface area contributed by atoms with E-state index in [2.05, 4.69) is 30.3 Å². The highest BCUT2D eigenvalue weighted by Crippen LogP contribution is 2.77. The van der Waals surface area contributed by atoms with Gasteiger partial charge in [-0.1, -0.05) is 83.9 Å². The van der Waals surface area contributed by atoms with Gasteiger partial charge in [-0.2, -0.15) is 0 Å². The molecule has 0 spiro atoms. The van der Waals surface area contributed by atoms with E-state index in [0.717, 1.165) is 22.6 Å². The van der Waals surface area contributed by atoms with Crippen molar-refractivity contribution in [3.63, 3.8) is 0 Å². The molecule has 28 heavy (non-hydrogen) atoms. The lowest BCUT2D eigenvalue weighted by Crippen LogP contribution is -2.28. The van der Waals surface area contributed by atoms with Crippen LogP contribution in [-0.2, 0) is 5.60 Å². The molecular formula is C24H20Cl2O2. The molecule has 142 valence electrons. The summed E-state index contributed by atoms with van der Waals surface area (Å²) < 4.78 is 11.1. The predicted molar refractivity (Wildman–Crippen MR) is 113 cm³/mol. The summed E-state index contributed by atoms with van der Waals surface area (Å²) in [5.74, 6) is 1.64. The maximum absolute atomic E-state index is 6.95. The number of ether oxygens (including phenoxy) is 2. The SMILES string of the molecule is CCOc1ccc([C@@]23Oc4ccccc4[C@@H](c4ccccc4)[C@@H]2C3(Cl)Cl)cc1. The number of hydrogen-bond donors (Lipinski definition) is 0. The average Bonchev–Trinajstić information content (AvgIpc) is 3.23. The Balaban J connectivity index is 1.66. The maximum Gasteiger partial charge on any atom is 0.174 e. The molecule has 5 rings (SSSR count). The van der Waals surface area contributed by atoms with Crippen molar-refractivity contribution in [2.45, 2.75) is 22.8 Å². The Kier molecular flexibility index (Phi) is 4.12. The van der Waals surface area contributed by atoms with Crippen LogP contribution in [0.4, 0.5) is 0 Å². The minimum atomic E-state index is -1.03. The molecule has 0 saturated heterocycles. The van der Waals surface area contributed by atoms with Gasteiger partial charge in [-0.05, 0) is 36.2 Å². The third kappa shape index (κ3) is 2.41. The molecule has 3 aromatic carbocycles. The molecule has 1 aliphatic carbocycles. The first kappa shape index (κ1) is 17.9. The fourth-order valence-corrected chi connectivity index (χ4v) is 5.57. The van der Waals surface area contributed by atoms with Crippen molar-refractivity contribution in [3.8, 4) is 11.5 Å². The first-order valence-corrected chi connectivity index (χ1v) is 10.3. The van der Waals surface area contributed by atoms with E-state index in [1.807, 2.05) is 55.5 Å². The highest BCUT2D eigenvalue weighted by molar-refractivity contribution is 6.52. The topological polar surface area (TPSA) is 18.5 Å². The number of fused-ring (bicyclic) bond motifs is 2. The maximum atomic E-state index is 6.95. The first-order chi connectivity index (χ1) is 13.6.